The Morgan fingerprint density at radius 3 is 2.71 bits per heavy atom. The van der Waals surface area contributed by atoms with Gasteiger partial charge in [-0.3, -0.25) is 4.79 Å². The molecule has 0 heterocycles. The van der Waals surface area contributed by atoms with Gasteiger partial charge in [0.05, 0.1) is 5.41 Å². The summed E-state index contributed by atoms with van der Waals surface area (Å²) in [7, 11) is 0. The first-order valence-electron chi connectivity index (χ1n) is 5.31. The minimum Gasteiger partial charge on any atom is -0.481 e. The Balaban J connectivity index is 3.27. The standard InChI is InChI=1S/C12H15BrFNO2/c1-12(11(16)17,6-3-7-15)10-8(13)4-2-5-9(10)14/h2,4-5H,3,6-7,15H2,1H3,(H,16,17). The zero-order valence-corrected chi connectivity index (χ0v) is 11.1. The molecule has 0 saturated carbocycles. The number of carboxylic acid groups (broad SMARTS) is 1. The van der Waals surface area contributed by atoms with Crippen molar-refractivity contribution in [2.45, 2.75) is 25.2 Å². The summed E-state index contributed by atoms with van der Waals surface area (Å²) in [6.07, 6.45) is 0.835. The van der Waals surface area contributed by atoms with E-state index >= 15 is 0 Å². The molecule has 1 atom stereocenters. The molecule has 1 aromatic carbocycles. The highest BCUT2D eigenvalue weighted by Crippen LogP contribution is 2.36. The Labute approximate surface area is 108 Å². The van der Waals surface area contributed by atoms with Crippen LogP contribution in [0.2, 0.25) is 0 Å². The van der Waals surface area contributed by atoms with E-state index in [1.807, 2.05) is 0 Å². The van der Waals surface area contributed by atoms with E-state index in [4.69, 9.17) is 5.73 Å². The number of hydrogen-bond acceptors (Lipinski definition) is 2. The van der Waals surface area contributed by atoms with Gasteiger partial charge in [-0.05, 0) is 38.4 Å². The van der Waals surface area contributed by atoms with Gasteiger partial charge in [-0.25, -0.2) is 4.39 Å². The molecule has 94 valence electrons. The van der Waals surface area contributed by atoms with Crippen LogP contribution in [0.4, 0.5) is 4.39 Å². The fraction of sp³-hybridized carbons (Fsp3) is 0.417. The van der Waals surface area contributed by atoms with E-state index in [2.05, 4.69) is 15.9 Å². The Hall–Kier alpha value is -0.940. The van der Waals surface area contributed by atoms with Crippen LogP contribution in [0.3, 0.4) is 0 Å². The van der Waals surface area contributed by atoms with Crippen molar-refractivity contribution in [3.8, 4) is 0 Å². The molecule has 1 aromatic rings. The van der Waals surface area contributed by atoms with Crippen LogP contribution in [-0.4, -0.2) is 17.6 Å². The molecule has 17 heavy (non-hydrogen) atoms. The van der Waals surface area contributed by atoms with Gasteiger partial charge in [-0.1, -0.05) is 22.0 Å². The van der Waals surface area contributed by atoms with Crippen LogP contribution in [0.5, 0.6) is 0 Å². The van der Waals surface area contributed by atoms with Crippen molar-refractivity contribution in [2.24, 2.45) is 5.73 Å². The van der Waals surface area contributed by atoms with E-state index in [-0.39, 0.29) is 5.56 Å². The topological polar surface area (TPSA) is 63.3 Å². The van der Waals surface area contributed by atoms with Gasteiger partial charge in [0.1, 0.15) is 5.82 Å². The van der Waals surface area contributed by atoms with Gasteiger partial charge in [0.2, 0.25) is 0 Å². The maximum atomic E-state index is 13.8. The molecule has 3 nitrogen and oxygen atoms in total. The molecule has 0 bridgehead atoms. The lowest BCUT2D eigenvalue weighted by Gasteiger charge is -2.26. The summed E-state index contributed by atoms with van der Waals surface area (Å²) in [5, 5.41) is 9.33. The summed E-state index contributed by atoms with van der Waals surface area (Å²) >= 11 is 3.21. The molecule has 0 aromatic heterocycles. The highest BCUT2D eigenvalue weighted by Gasteiger charge is 2.38. The maximum absolute atomic E-state index is 13.8. The molecule has 0 radical (unpaired) electrons. The number of hydrogen-bond donors (Lipinski definition) is 2. The zero-order chi connectivity index (χ0) is 13.1. The van der Waals surface area contributed by atoms with Crippen LogP contribution in [0.25, 0.3) is 0 Å². The first-order chi connectivity index (χ1) is 7.93. The van der Waals surface area contributed by atoms with Crippen molar-refractivity contribution in [3.63, 3.8) is 0 Å². The molecule has 5 heteroatoms. The van der Waals surface area contributed by atoms with Crippen molar-refractivity contribution >= 4 is 21.9 Å². The summed E-state index contributed by atoms with van der Waals surface area (Å²) in [4.78, 5) is 11.4. The van der Waals surface area contributed by atoms with Crippen LogP contribution in [0.15, 0.2) is 22.7 Å². The molecule has 0 amide bonds. The van der Waals surface area contributed by atoms with Gasteiger partial charge in [0, 0.05) is 10.0 Å². The van der Waals surface area contributed by atoms with Crippen molar-refractivity contribution in [1.29, 1.82) is 0 Å². The highest BCUT2D eigenvalue weighted by molar-refractivity contribution is 9.10. The molecule has 1 unspecified atom stereocenters. The van der Waals surface area contributed by atoms with E-state index in [1.54, 1.807) is 6.07 Å². The number of halogens is 2. The molecule has 0 fully saturated rings. The van der Waals surface area contributed by atoms with Crippen LogP contribution in [-0.2, 0) is 10.2 Å². The molecule has 0 saturated heterocycles. The second-order valence-corrected chi connectivity index (χ2v) is 4.98. The third kappa shape index (κ3) is 2.84. The summed E-state index contributed by atoms with van der Waals surface area (Å²) < 4.78 is 14.3. The second-order valence-electron chi connectivity index (χ2n) is 4.13. The minimum absolute atomic E-state index is 0.181. The smallest absolute Gasteiger partial charge is 0.313 e. The Morgan fingerprint density at radius 1 is 1.59 bits per heavy atom. The first-order valence-corrected chi connectivity index (χ1v) is 6.10. The lowest BCUT2D eigenvalue weighted by Crippen LogP contribution is -2.34. The molecule has 1 rings (SSSR count). The van der Waals surface area contributed by atoms with Gasteiger partial charge in [-0.15, -0.1) is 0 Å². The van der Waals surface area contributed by atoms with E-state index < -0.39 is 17.2 Å². The largest absolute Gasteiger partial charge is 0.481 e. The summed E-state index contributed by atoms with van der Waals surface area (Å²) in [6.45, 7) is 1.91. The van der Waals surface area contributed by atoms with Crippen LogP contribution in [0.1, 0.15) is 25.3 Å². The third-order valence-electron chi connectivity index (χ3n) is 2.87. The Kier molecular flexibility index (Phi) is 4.65. The predicted octanol–water partition coefficient (Wildman–Crippen LogP) is 2.67. The fourth-order valence-electron chi connectivity index (χ4n) is 1.82. The van der Waals surface area contributed by atoms with E-state index in [0.717, 1.165) is 0 Å². The summed E-state index contributed by atoms with van der Waals surface area (Å²) in [5.74, 6) is -1.56. The van der Waals surface area contributed by atoms with Crippen molar-refractivity contribution in [2.75, 3.05) is 6.54 Å². The SMILES string of the molecule is CC(CCCN)(C(=O)O)c1c(F)cccc1Br. The summed E-state index contributed by atoms with van der Waals surface area (Å²) in [6, 6.07) is 4.44. The number of nitrogens with two attached hydrogens (primary N) is 1. The van der Waals surface area contributed by atoms with Crippen LogP contribution >= 0.6 is 15.9 Å². The second kappa shape index (κ2) is 5.60. The minimum atomic E-state index is -1.26. The lowest BCUT2D eigenvalue weighted by atomic mass is 9.78. The number of aliphatic carboxylic acids is 1. The predicted molar refractivity (Wildman–Crippen MR) is 67.4 cm³/mol. The number of benzene rings is 1. The van der Waals surface area contributed by atoms with Crippen LogP contribution in [0, 0.1) is 5.82 Å². The third-order valence-corrected chi connectivity index (χ3v) is 3.53. The fourth-order valence-corrected chi connectivity index (χ4v) is 2.60. The average molecular weight is 304 g/mol. The van der Waals surface area contributed by atoms with Gasteiger partial charge >= 0.3 is 5.97 Å². The average Bonchev–Trinajstić information content (AvgIpc) is 2.25. The first kappa shape index (κ1) is 14.1. The van der Waals surface area contributed by atoms with E-state index in [0.29, 0.717) is 23.9 Å². The molecular formula is C12H15BrFNO2. The molecule has 0 aliphatic rings. The molecule has 0 aliphatic heterocycles. The zero-order valence-electron chi connectivity index (χ0n) is 9.54. The Bertz CT molecular complexity index is 405. The van der Waals surface area contributed by atoms with E-state index in [9.17, 15) is 14.3 Å². The molecule has 3 N–H and O–H groups in total. The Morgan fingerprint density at radius 2 is 2.24 bits per heavy atom. The monoisotopic (exact) mass is 303 g/mol. The van der Waals surface area contributed by atoms with Gasteiger partial charge < -0.3 is 10.8 Å². The van der Waals surface area contributed by atoms with Gasteiger partial charge in [0.25, 0.3) is 0 Å². The molecule has 0 aliphatic carbocycles. The van der Waals surface area contributed by atoms with Crippen molar-refractivity contribution in [1.82, 2.24) is 0 Å². The molecule has 0 spiro atoms. The number of rotatable bonds is 5. The number of carbonyl (C=O) groups is 1. The summed E-state index contributed by atoms with van der Waals surface area (Å²) in [5.41, 5.74) is 4.31. The molecular weight excluding hydrogens is 289 g/mol. The van der Waals surface area contributed by atoms with Crippen molar-refractivity contribution < 1.29 is 14.3 Å². The highest BCUT2D eigenvalue weighted by atomic mass is 79.9. The maximum Gasteiger partial charge on any atom is 0.313 e. The lowest BCUT2D eigenvalue weighted by molar-refractivity contribution is -0.143. The van der Waals surface area contributed by atoms with Crippen molar-refractivity contribution in [3.05, 3.63) is 34.1 Å². The normalized spacial score (nSPS) is 14.4. The van der Waals surface area contributed by atoms with Gasteiger partial charge in [0.15, 0.2) is 0 Å². The van der Waals surface area contributed by atoms with Gasteiger partial charge in [-0.2, -0.15) is 0 Å². The number of carboxylic acids is 1. The quantitative estimate of drug-likeness (QED) is 0.879. The van der Waals surface area contributed by atoms with E-state index in [1.165, 1.54) is 19.1 Å². The van der Waals surface area contributed by atoms with Crippen LogP contribution < -0.4 is 5.73 Å².